The molecule has 0 amide bonds. The molecule has 1 fully saturated rings. The van der Waals surface area contributed by atoms with Gasteiger partial charge in [-0.3, -0.25) is 0 Å². The zero-order valence-corrected chi connectivity index (χ0v) is 11.6. The molecule has 0 spiro atoms. The molecule has 3 N–H and O–H groups in total. The summed E-state index contributed by atoms with van der Waals surface area (Å²) in [6, 6.07) is 4.74. The summed E-state index contributed by atoms with van der Waals surface area (Å²) in [5, 5.41) is 11.6. The van der Waals surface area contributed by atoms with E-state index in [-0.39, 0.29) is 16.6 Å². The normalized spacial score (nSPS) is 19.1. The molecule has 6 nitrogen and oxygen atoms in total. The summed E-state index contributed by atoms with van der Waals surface area (Å²) in [4.78, 5) is 0.0705. The third-order valence-corrected chi connectivity index (χ3v) is 5.35. The predicted molar refractivity (Wildman–Crippen MR) is 71.3 cm³/mol. The second-order valence-corrected chi connectivity index (χ2v) is 6.60. The highest BCUT2D eigenvalue weighted by atomic mass is 32.2. The summed E-state index contributed by atoms with van der Waals surface area (Å²) >= 11 is 0. The minimum absolute atomic E-state index is 0.0705. The Kier molecular flexibility index (Phi) is 4.24. The molecule has 2 rings (SSSR count). The zero-order valence-electron chi connectivity index (χ0n) is 10.7. The van der Waals surface area contributed by atoms with E-state index in [0.29, 0.717) is 25.9 Å². The lowest BCUT2D eigenvalue weighted by Crippen LogP contribution is -2.41. The van der Waals surface area contributed by atoms with Gasteiger partial charge >= 0.3 is 0 Å². The Balaban J connectivity index is 2.11. The van der Waals surface area contributed by atoms with Gasteiger partial charge in [-0.15, -0.1) is 0 Å². The van der Waals surface area contributed by atoms with Crippen LogP contribution < -0.4 is 5.73 Å². The van der Waals surface area contributed by atoms with Gasteiger partial charge in [-0.05, 0) is 37.1 Å². The Bertz CT molecular complexity index is 593. The van der Waals surface area contributed by atoms with E-state index in [2.05, 4.69) is 5.16 Å². The molecule has 0 atom stereocenters. The van der Waals surface area contributed by atoms with Gasteiger partial charge in [0.1, 0.15) is 11.7 Å². The molecular formula is C12H16FN3O3S. The van der Waals surface area contributed by atoms with Gasteiger partial charge in [0.2, 0.25) is 10.0 Å². The fourth-order valence-electron chi connectivity index (χ4n) is 2.23. The Morgan fingerprint density at radius 1 is 1.30 bits per heavy atom. The van der Waals surface area contributed by atoms with Gasteiger partial charge in [0, 0.05) is 19.0 Å². The van der Waals surface area contributed by atoms with E-state index in [9.17, 15) is 12.8 Å². The topological polar surface area (TPSA) is 96.0 Å². The Labute approximate surface area is 116 Å². The molecule has 8 heteroatoms. The van der Waals surface area contributed by atoms with Gasteiger partial charge in [-0.1, -0.05) is 5.16 Å². The van der Waals surface area contributed by atoms with E-state index >= 15 is 0 Å². The number of piperidine rings is 1. The van der Waals surface area contributed by atoms with Gasteiger partial charge in [0.15, 0.2) is 0 Å². The third kappa shape index (κ3) is 2.91. The van der Waals surface area contributed by atoms with E-state index in [4.69, 9.17) is 10.9 Å². The third-order valence-electron chi connectivity index (χ3n) is 3.44. The molecule has 1 aliphatic rings. The first-order valence-electron chi connectivity index (χ1n) is 6.18. The molecule has 0 aromatic heterocycles. The molecule has 1 aromatic carbocycles. The summed E-state index contributed by atoms with van der Waals surface area (Å²) in [7, 11) is -3.61. The van der Waals surface area contributed by atoms with Crippen LogP contribution in [0.1, 0.15) is 12.8 Å². The molecule has 0 saturated carbocycles. The van der Waals surface area contributed by atoms with Crippen LogP contribution in [0.25, 0.3) is 0 Å². The second kappa shape index (κ2) is 5.76. The maximum Gasteiger partial charge on any atom is 0.243 e. The average molecular weight is 301 g/mol. The van der Waals surface area contributed by atoms with Gasteiger partial charge in [0.05, 0.1) is 4.90 Å². The summed E-state index contributed by atoms with van der Waals surface area (Å²) < 4.78 is 38.8. The van der Waals surface area contributed by atoms with Crippen LogP contribution in [0.15, 0.2) is 34.3 Å². The molecule has 1 saturated heterocycles. The van der Waals surface area contributed by atoms with E-state index in [1.165, 1.54) is 16.4 Å². The Morgan fingerprint density at radius 2 is 1.85 bits per heavy atom. The first kappa shape index (κ1) is 14.7. The molecule has 20 heavy (non-hydrogen) atoms. The highest BCUT2D eigenvalue weighted by molar-refractivity contribution is 7.89. The first-order valence-corrected chi connectivity index (χ1v) is 7.62. The first-order chi connectivity index (χ1) is 9.45. The zero-order chi connectivity index (χ0) is 14.8. The molecule has 1 aliphatic heterocycles. The number of oxime groups is 1. The van der Waals surface area contributed by atoms with Crippen molar-refractivity contribution in [2.24, 2.45) is 16.8 Å². The Hall–Kier alpha value is -1.67. The fourth-order valence-corrected chi connectivity index (χ4v) is 3.70. The van der Waals surface area contributed by atoms with E-state index < -0.39 is 15.8 Å². The van der Waals surface area contributed by atoms with E-state index in [1.807, 2.05) is 0 Å². The fraction of sp³-hybridized carbons (Fsp3) is 0.417. The van der Waals surface area contributed by atoms with Crippen molar-refractivity contribution in [1.82, 2.24) is 4.31 Å². The van der Waals surface area contributed by atoms with Gasteiger partial charge < -0.3 is 10.9 Å². The molecule has 0 unspecified atom stereocenters. The van der Waals surface area contributed by atoms with Crippen molar-refractivity contribution in [3.05, 3.63) is 30.1 Å². The van der Waals surface area contributed by atoms with Crippen LogP contribution in [0.4, 0.5) is 4.39 Å². The van der Waals surface area contributed by atoms with Crippen LogP contribution in [-0.2, 0) is 10.0 Å². The Morgan fingerprint density at radius 3 is 2.35 bits per heavy atom. The molecule has 1 aromatic rings. The molecule has 0 radical (unpaired) electrons. The maximum absolute atomic E-state index is 12.8. The summed E-state index contributed by atoms with van der Waals surface area (Å²) in [5.74, 6) is -0.460. The highest BCUT2D eigenvalue weighted by Crippen LogP contribution is 2.24. The SMILES string of the molecule is NC(=NO)C1CCN(S(=O)(=O)c2ccc(F)cc2)CC1. The summed E-state index contributed by atoms with van der Waals surface area (Å²) in [5.41, 5.74) is 5.52. The van der Waals surface area contributed by atoms with Crippen LogP contribution in [-0.4, -0.2) is 36.9 Å². The van der Waals surface area contributed by atoms with Crippen molar-refractivity contribution < 1.29 is 18.0 Å². The number of nitrogens with zero attached hydrogens (tertiary/aromatic N) is 2. The predicted octanol–water partition coefficient (Wildman–Crippen LogP) is 0.973. The number of amidine groups is 1. The largest absolute Gasteiger partial charge is 0.409 e. The standard InChI is InChI=1S/C12H16FN3O3S/c13-10-1-3-11(4-2-10)20(18,19)16-7-5-9(6-8-16)12(14)15-17/h1-4,9,17H,5-8H2,(H2,14,15). The number of benzene rings is 1. The average Bonchev–Trinajstić information content (AvgIpc) is 2.47. The van der Waals surface area contributed by atoms with Crippen molar-refractivity contribution in [3.63, 3.8) is 0 Å². The lowest BCUT2D eigenvalue weighted by molar-refractivity contribution is 0.291. The van der Waals surface area contributed by atoms with Crippen molar-refractivity contribution in [3.8, 4) is 0 Å². The minimum atomic E-state index is -3.61. The lowest BCUT2D eigenvalue weighted by atomic mass is 9.97. The highest BCUT2D eigenvalue weighted by Gasteiger charge is 2.30. The summed E-state index contributed by atoms with van der Waals surface area (Å²) in [6.45, 7) is 0.585. The number of rotatable bonds is 3. The van der Waals surface area contributed by atoms with Crippen molar-refractivity contribution in [2.75, 3.05) is 13.1 Å². The van der Waals surface area contributed by atoms with E-state index in [1.54, 1.807) is 0 Å². The lowest BCUT2D eigenvalue weighted by Gasteiger charge is -2.30. The van der Waals surface area contributed by atoms with Crippen LogP contribution in [0, 0.1) is 11.7 Å². The minimum Gasteiger partial charge on any atom is -0.409 e. The number of nitrogens with two attached hydrogens (primary N) is 1. The quantitative estimate of drug-likeness (QED) is 0.376. The van der Waals surface area contributed by atoms with Crippen molar-refractivity contribution >= 4 is 15.9 Å². The molecule has 0 aliphatic carbocycles. The maximum atomic E-state index is 12.8. The molecule has 1 heterocycles. The van der Waals surface area contributed by atoms with Crippen LogP contribution in [0.3, 0.4) is 0 Å². The molecular weight excluding hydrogens is 285 g/mol. The van der Waals surface area contributed by atoms with Gasteiger partial charge in [0.25, 0.3) is 0 Å². The summed E-state index contributed by atoms with van der Waals surface area (Å²) in [6.07, 6.45) is 0.993. The van der Waals surface area contributed by atoms with Crippen molar-refractivity contribution in [1.29, 1.82) is 0 Å². The molecule has 110 valence electrons. The smallest absolute Gasteiger partial charge is 0.243 e. The number of hydrogen-bond donors (Lipinski definition) is 2. The van der Waals surface area contributed by atoms with Crippen LogP contribution in [0.2, 0.25) is 0 Å². The van der Waals surface area contributed by atoms with E-state index in [0.717, 1.165) is 12.1 Å². The number of sulfonamides is 1. The monoisotopic (exact) mass is 301 g/mol. The second-order valence-electron chi connectivity index (χ2n) is 4.66. The van der Waals surface area contributed by atoms with Crippen LogP contribution in [0.5, 0.6) is 0 Å². The number of hydrogen-bond acceptors (Lipinski definition) is 4. The molecule has 0 bridgehead atoms. The van der Waals surface area contributed by atoms with Crippen molar-refractivity contribution in [2.45, 2.75) is 17.7 Å². The van der Waals surface area contributed by atoms with Crippen LogP contribution >= 0.6 is 0 Å². The van der Waals surface area contributed by atoms with Gasteiger partial charge in [-0.25, -0.2) is 12.8 Å². The van der Waals surface area contributed by atoms with Gasteiger partial charge in [-0.2, -0.15) is 4.31 Å². The number of halogens is 1.